The molecule has 8 nitrogen and oxygen atoms in total. The first-order chi connectivity index (χ1) is 19.4. The number of ether oxygens (including phenoxy) is 3. The first kappa shape index (κ1) is 40.0. The van der Waals surface area contributed by atoms with Gasteiger partial charge in [0.15, 0.2) is 0 Å². The Morgan fingerprint density at radius 3 is 1.10 bits per heavy atom. The molecule has 8 heteroatoms. The molecule has 0 radical (unpaired) electrons. The van der Waals surface area contributed by atoms with Crippen molar-refractivity contribution in [2.75, 3.05) is 19.8 Å². The predicted octanol–water partition coefficient (Wildman–Crippen LogP) is 8.33. The molecule has 0 fully saturated rings. The molecule has 0 saturated heterocycles. The largest absolute Gasteiger partial charge is 0.481 e. The lowest BCUT2D eigenvalue weighted by molar-refractivity contribution is -0.145. The van der Waals surface area contributed by atoms with Crippen molar-refractivity contribution in [2.24, 2.45) is 0 Å². The second-order valence-electron chi connectivity index (χ2n) is 10.4. The molecule has 0 spiro atoms. The molecule has 0 aliphatic carbocycles. The monoisotopic (exact) mass is 572 g/mol. The molecule has 0 bridgehead atoms. The fourth-order valence-electron chi connectivity index (χ4n) is 3.74. The number of carboxylic acid groups (broad SMARTS) is 1. The number of carboxylic acids is 1. The summed E-state index contributed by atoms with van der Waals surface area (Å²) in [6.07, 6.45) is 19.9. The third-order valence-corrected chi connectivity index (χ3v) is 6.32. The van der Waals surface area contributed by atoms with E-state index in [2.05, 4.69) is 20.8 Å². The van der Waals surface area contributed by atoms with Gasteiger partial charge in [-0.2, -0.15) is 0 Å². The smallest absolute Gasteiger partial charge is 0.305 e. The van der Waals surface area contributed by atoms with Crippen LogP contribution in [0.25, 0.3) is 0 Å². The van der Waals surface area contributed by atoms with Gasteiger partial charge in [0.1, 0.15) is 0 Å². The summed E-state index contributed by atoms with van der Waals surface area (Å²) in [7, 11) is 0. The zero-order valence-corrected chi connectivity index (χ0v) is 26.0. The highest BCUT2D eigenvalue weighted by Gasteiger charge is 2.05. The molecule has 0 heterocycles. The molecule has 0 amide bonds. The highest BCUT2D eigenvalue weighted by molar-refractivity contribution is 5.70. The zero-order valence-electron chi connectivity index (χ0n) is 26.0. The van der Waals surface area contributed by atoms with Gasteiger partial charge in [-0.3, -0.25) is 19.2 Å². The van der Waals surface area contributed by atoms with Gasteiger partial charge in [0.05, 0.1) is 19.8 Å². The Bertz CT molecular complexity index is 578. The van der Waals surface area contributed by atoms with Crippen molar-refractivity contribution < 1.29 is 38.5 Å². The molecule has 0 aromatic carbocycles. The number of rotatable bonds is 27. The number of carbonyl (C=O) groups excluding carboxylic acids is 3. The molecule has 0 aliphatic heterocycles. The van der Waals surface area contributed by atoms with Crippen LogP contribution in [0.1, 0.15) is 162 Å². The molecule has 0 aromatic rings. The summed E-state index contributed by atoms with van der Waals surface area (Å²) in [5.74, 6) is -1.14. The average Bonchev–Trinajstić information content (AvgIpc) is 2.92. The fourth-order valence-corrected chi connectivity index (χ4v) is 3.74. The van der Waals surface area contributed by atoms with Crippen molar-refractivity contribution in [3.63, 3.8) is 0 Å². The molecule has 40 heavy (non-hydrogen) atoms. The van der Waals surface area contributed by atoms with E-state index in [-0.39, 0.29) is 24.3 Å². The molecular weight excluding hydrogens is 512 g/mol. The van der Waals surface area contributed by atoms with Crippen LogP contribution in [0, 0.1) is 0 Å². The third-order valence-electron chi connectivity index (χ3n) is 6.32. The average molecular weight is 573 g/mol. The van der Waals surface area contributed by atoms with Gasteiger partial charge in [0, 0.05) is 25.7 Å². The van der Waals surface area contributed by atoms with Gasteiger partial charge in [0.2, 0.25) is 0 Å². The van der Waals surface area contributed by atoms with Gasteiger partial charge >= 0.3 is 23.9 Å². The molecule has 0 aliphatic rings. The quantitative estimate of drug-likeness (QED) is 0.0593. The Balaban J connectivity index is 0. The maximum absolute atomic E-state index is 11.4. The van der Waals surface area contributed by atoms with Gasteiger partial charge < -0.3 is 19.3 Å². The van der Waals surface area contributed by atoms with E-state index < -0.39 is 5.97 Å². The van der Waals surface area contributed by atoms with Gasteiger partial charge in [-0.1, -0.05) is 91.4 Å². The van der Waals surface area contributed by atoms with Crippen molar-refractivity contribution in [3.8, 4) is 0 Å². The highest BCUT2D eigenvalue weighted by Crippen LogP contribution is 2.10. The first-order valence-electron chi connectivity index (χ1n) is 16.1. The minimum atomic E-state index is -0.810. The van der Waals surface area contributed by atoms with Crippen molar-refractivity contribution in [1.82, 2.24) is 0 Å². The van der Waals surface area contributed by atoms with Crippen LogP contribution in [0.15, 0.2) is 0 Å². The van der Waals surface area contributed by atoms with E-state index in [0.29, 0.717) is 51.9 Å². The number of unbranched alkanes of at least 4 members (excludes halogenated alkanes) is 13. The van der Waals surface area contributed by atoms with Crippen LogP contribution >= 0.6 is 0 Å². The molecule has 0 saturated carbocycles. The molecule has 0 rings (SSSR count). The second kappa shape index (κ2) is 33.1. The van der Waals surface area contributed by atoms with E-state index in [4.69, 9.17) is 19.3 Å². The molecule has 0 atom stereocenters. The molecule has 0 aromatic heterocycles. The van der Waals surface area contributed by atoms with E-state index in [1.54, 1.807) is 0 Å². The molecule has 0 unspecified atom stereocenters. The van der Waals surface area contributed by atoms with Crippen LogP contribution in [0.3, 0.4) is 0 Å². The van der Waals surface area contributed by atoms with E-state index >= 15 is 0 Å². The van der Waals surface area contributed by atoms with Gasteiger partial charge in [-0.25, -0.2) is 0 Å². The van der Waals surface area contributed by atoms with Crippen molar-refractivity contribution in [1.29, 1.82) is 0 Å². The third kappa shape index (κ3) is 35.9. The number of hydrogen-bond acceptors (Lipinski definition) is 7. The normalized spacial score (nSPS) is 10.4. The molecule has 236 valence electrons. The highest BCUT2D eigenvalue weighted by atomic mass is 16.5. The van der Waals surface area contributed by atoms with Crippen LogP contribution in [0.5, 0.6) is 0 Å². The lowest BCUT2D eigenvalue weighted by atomic mass is 10.1. The van der Waals surface area contributed by atoms with E-state index in [0.717, 1.165) is 77.0 Å². The first-order valence-corrected chi connectivity index (χ1v) is 16.1. The zero-order chi connectivity index (χ0) is 30.1. The van der Waals surface area contributed by atoms with Crippen LogP contribution in [-0.2, 0) is 33.4 Å². The summed E-state index contributed by atoms with van der Waals surface area (Å²) in [4.78, 5) is 44.2. The Hall–Kier alpha value is -2.12. The second-order valence-corrected chi connectivity index (χ2v) is 10.4. The lowest BCUT2D eigenvalue weighted by Crippen LogP contribution is -2.06. The van der Waals surface area contributed by atoms with Gasteiger partial charge in [0.25, 0.3) is 0 Å². The minimum Gasteiger partial charge on any atom is -0.481 e. The van der Waals surface area contributed by atoms with Gasteiger partial charge in [-0.15, -0.1) is 0 Å². The van der Waals surface area contributed by atoms with E-state index in [1.165, 1.54) is 25.7 Å². The van der Waals surface area contributed by atoms with Crippen molar-refractivity contribution in [2.45, 2.75) is 162 Å². The maximum atomic E-state index is 11.4. The SMILES string of the molecule is CCCCCCCCOC(=O)CCCCC(=O)O.CCCCOC(=O)CCCCCCCCC(=O)OCCCC. The summed E-state index contributed by atoms with van der Waals surface area (Å²) >= 11 is 0. The predicted molar refractivity (Wildman–Crippen MR) is 159 cm³/mol. The van der Waals surface area contributed by atoms with Crippen LogP contribution < -0.4 is 0 Å². The summed E-state index contributed by atoms with van der Waals surface area (Å²) < 4.78 is 15.3. The van der Waals surface area contributed by atoms with Crippen molar-refractivity contribution >= 4 is 23.9 Å². The topological polar surface area (TPSA) is 116 Å². The Kier molecular flexibility index (Phi) is 33.1. The maximum Gasteiger partial charge on any atom is 0.305 e. The Labute approximate surface area is 244 Å². The van der Waals surface area contributed by atoms with E-state index in [1.807, 2.05) is 0 Å². The fraction of sp³-hybridized carbons (Fsp3) is 0.875. The van der Waals surface area contributed by atoms with E-state index in [9.17, 15) is 19.2 Å². The molecule has 1 N–H and O–H groups in total. The van der Waals surface area contributed by atoms with Crippen LogP contribution in [0.4, 0.5) is 0 Å². The lowest BCUT2D eigenvalue weighted by Gasteiger charge is -2.05. The number of aliphatic carboxylic acids is 1. The summed E-state index contributed by atoms with van der Waals surface area (Å²) in [5, 5.41) is 8.42. The van der Waals surface area contributed by atoms with Crippen LogP contribution in [0.2, 0.25) is 0 Å². The van der Waals surface area contributed by atoms with Crippen LogP contribution in [-0.4, -0.2) is 48.8 Å². The Morgan fingerprint density at radius 2 is 0.700 bits per heavy atom. The van der Waals surface area contributed by atoms with Gasteiger partial charge in [-0.05, 0) is 44.9 Å². The summed E-state index contributed by atoms with van der Waals surface area (Å²) in [6.45, 7) is 7.97. The number of carbonyl (C=O) groups is 4. The summed E-state index contributed by atoms with van der Waals surface area (Å²) in [5.41, 5.74) is 0. The number of esters is 3. The standard InChI is InChI=1S/C18H34O4.C14H26O4/c1-3-5-15-21-17(19)13-11-9-7-8-10-12-14-18(20)22-16-6-4-2;1-2-3-4-5-6-9-12-18-14(17)11-8-7-10-13(15)16/h3-16H2,1-2H3;2-12H2,1H3,(H,15,16). The Morgan fingerprint density at radius 1 is 0.400 bits per heavy atom. The van der Waals surface area contributed by atoms with Crippen molar-refractivity contribution in [3.05, 3.63) is 0 Å². The summed E-state index contributed by atoms with van der Waals surface area (Å²) in [6, 6.07) is 0. The molecular formula is C32H60O8. The minimum absolute atomic E-state index is 0.0664. The number of hydrogen-bond donors (Lipinski definition) is 1.